The maximum absolute atomic E-state index is 12.6. The molecule has 1 aromatic carbocycles. The smallest absolute Gasteiger partial charge is 0.245 e. The average molecular weight is 303 g/mol. The highest BCUT2D eigenvalue weighted by Crippen LogP contribution is 2.30. The van der Waals surface area contributed by atoms with E-state index in [1.165, 1.54) is 22.9 Å². The van der Waals surface area contributed by atoms with Crippen LogP contribution in [0.1, 0.15) is 32.1 Å². The lowest BCUT2D eigenvalue weighted by Gasteiger charge is -2.30. The Morgan fingerprint density at radius 1 is 1.26 bits per heavy atom. The number of sulfonamides is 1. The van der Waals surface area contributed by atoms with E-state index in [0.717, 1.165) is 25.7 Å². The Bertz CT molecular complexity index is 554. The normalized spacial score (nSPS) is 17.8. The number of hydrogen-bond acceptors (Lipinski definition) is 3. The van der Waals surface area contributed by atoms with Crippen LogP contribution in [-0.2, 0) is 10.0 Å². The lowest BCUT2D eigenvalue weighted by atomic mass is 9.96. The molecule has 0 radical (unpaired) electrons. The van der Waals surface area contributed by atoms with Gasteiger partial charge in [0.1, 0.15) is 4.90 Å². The first-order valence-corrected chi connectivity index (χ1v) is 8.28. The quantitative estimate of drug-likeness (QED) is 0.873. The predicted molar refractivity (Wildman–Crippen MR) is 77.7 cm³/mol. The van der Waals surface area contributed by atoms with E-state index in [2.05, 4.69) is 0 Å². The Kier molecular flexibility index (Phi) is 4.38. The van der Waals surface area contributed by atoms with E-state index in [9.17, 15) is 8.42 Å². The molecule has 6 heteroatoms. The fourth-order valence-electron chi connectivity index (χ4n) is 2.53. The molecule has 1 aliphatic carbocycles. The highest BCUT2D eigenvalue weighted by molar-refractivity contribution is 7.89. The van der Waals surface area contributed by atoms with Crippen LogP contribution < -0.4 is 5.73 Å². The van der Waals surface area contributed by atoms with E-state index in [0.29, 0.717) is 5.02 Å². The third-order valence-electron chi connectivity index (χ3n) is 3.72. The van der Waals surface area contributed by atoms with Crippen molar-refractivity contribution in [3.8, 4) is 0 Å². The molecule has 19 heavy (non-hydrogen) atoms. The van der Waals surface area contributed by atoms with E-state index >= 15 is 0 Å². The zero-order valence-electron chi connectivity index (χ0n) is 11.0. The fourth-order valence-corrected chi connectivity index (χ4v) is 4.32. The van der Waals surface area contributed by atoms with E-state index in [4.69, 9.17) is 17.3 Å². The van der Waals surface area contributed by atoms with Crippen molar-refractivity contribution >= 4 is 27.3 Å². The summed E-state index contributed by atoms with van der Waals surface area (Å²) in [5.41, 5.74) is 6.02. The molecule has 1 fully saturated rings. The summed E-state index contributed by atoms with van der Waals surface area (Å²) in [5, 5.41) is 0.379. The molecule has 1 aromatic rings. The lowest BCUT2D eigenvalue weighted by molar-refractivity contribution is 0.286. The number of nitrogens with two attached hydrogens (primary N) is 1. The molecule has 0 heterocycles. The third kappa shape index (κ3) is 3.04. The summed E-state index contributed by atoms with van der Waals surface area (Å²) in [7, 11) is -1.94. The Labute approximate surface area is 119 Å². The summed E-state index contributed by atoms with van der Waals surface area (Å²) in [6.07, 6.45) is 5.17. The minimum Gasteiger partial charge on any atom is -0.398 e. The van der Waals surface area contributed by atoms with Gasteiger partial charge in [0.15, 0.2) is 0 Å². The Hall–Kier alpha value is -0.780. The number of anilines is 1. The van der Waals surface area contributed by atoms with Gasteiger partial charge in [0.05, 0.1) is 5.69 Å². The van der Waals surface area contributed by atoms with E-state index in [-0.39, 0.29) is 16.6 Å². The Balaban J connectivity index is 2.33. The summed E-state index contributed by atoms with van der Waals surface area (Å²) >= 11 is 5.87. The van der Waals surface area contributed by atoms with Gasteiger partial charge >= 0.3 is 0 Å². The van der Waals surface area contributed by atoms with Crippen LogP contribution in [0.2, 0.25) is 5.02 Å². The number of hydrogen-bond donors (Lipinski definition) is 1. The van der Waals surface area contributed by atoms with Gasteiger partial charge in [0, 0.05) is 18.1 Å². The summed E-state index contributed by atoms with van der Waals surface area (Å²) < 4.78 is 26.6. The van der Waals surface area contributed by atoms with Crippen molar-refractivity contribution in [3.05, 3.63) is 23.2 Å². The average Bonchev–Trinajstić information content (AvgIpc) is 2.41. The number of halogens is 1. The third-order valence-corrected chi connectivity index (χ3v) is 5.92. The van der Waals surface area contributed by atoms with Crippen LogP contribution >= 0.6 is 11.6 Å². The predicted octanol–water partition coefficient (Wildman–Crippen LogP) is 2.88. The largest absolute Gasteiger partial charge is 0.398 e. The molecule has 0 atom stereocenters. The van der Waals surface area contributed by atoms with Gasteiger partial charge in [0.2, 0.25) is 10.0 Å². The molecule has 0 amide bonds. The highest BCUT2D eigenvalue weighted by atomic mass is 35.5. The van der Waals surface area contributed by atoms with Gasteiger partial charge in [-0.15, -0.1) is 0 Å². The Morgan fingerprint density at radius 3 is 2.53 bits per heavy atom. The summed E-state index contributed by atoms with van der Waals surface area (Å²) in [5.74, 6) is 0. The van der Waals surface area contributed by atoms with Crippen LogP contribution in [0.5, 0.6) is 0 Å². The van der Waals surface area contributed by atoms with Gasteiger partial charge in [-0.05, 0) is 31.0 Å². The monoisotopic (exact) mass is 302 g/mol. The van der Waals surface area contributed by atoms with Gasteiger partial charge in [-0.25, -0.2) is 8.42 Å². The Morgan fingerprint density at radius 2 is 1.89 bits per heavy atom. The van der Waals surface area contributed by atoms with Gasteiger partial charge < -0.3 is 5.73 Å². The van der Waals surface area contributed by atoms with Crippen molar-refractivity contribution in [2.75, 3.05) is 12.8 Å². The standard InChI is InChI=1S/C13H19ClN2O2S/c1-16(11-5-3-2-4-6-11)19(17,18)13-9-10(14)7-8-12(13)15/h7-9,11H,2-6,15H2,1H3. The molecular weight excluding hydrogens is 284 g/mol. The summed E-state index contributed by atoms with van der Waals surface area (Å²) in [6, 6.07) is 4.61. The molecule has 0 aromatic heterocycles. The molecular formula is C13H19ClN2O2S. The molecule has 2 N–H and O–H groups in total. The zero-order chi connectivity index (χ0) is 14.0. The first-order chi connectivity index (χ1) is 8.93. The first-order valence-electron chi connectivity index (χ1n) is 6.46. The lowest BCUT2D eigenvalue weighted by Crippen LogP contribution is -2.38. The second-order valence-electron chi connectivity index (χ2n) is 5.00. The molecule has 0 bridgehead atoms. The second kappa shape index (κ2) is 5.69. The minimum atomic E-state index is -3.57. The van der Waals surface area contributed by atoms with Crippen molar-refractivity contribution in [1.82, 2.24) is 4.31 Å². The van der Waals surface area contributed by atoms with E-state index in [1.54, 1.807) is 13.1 Å². The molecule has 1 saturated carbocycles. The van der Waals surface area contributed by atoms with Crippen molar-refractivity contribution in [2.45, 2.75) is 43.0 Å². The fraction of sp³-hybridized carbons (Fsp3) is 0.538. The maximum atomic E-state index is 12.6. The molecule has 0 aliphatic heterocycles. The molecule has 1 aliphatic rings. The molecule has 4 nitrogen and oxygen atoms in total. The topological polar surface area (TPSA) is 63.4 Å². The van der Waals surface area contributed by atoms with Crippen LogP contribution in [0.15, 0.2) is 23.1 Å². The number of nitrogen functional groups attached to an aromatic ring is 1. The minimum absolute atomic E-state index is 0.0668. The summed E-state index contributed by atoms with van der Waals surface area (Å²) in [4.78, 5) is 0.105. The molecule has 0 unspecified atom stereocenters. The van der Waals surface area contributed by atoms with E-state index < -0.39 is 10.0 Å². The molecule has 2 rings (SSSR count). The van der Waals surface area contributed by atoms with E-state index in [1.807, 2.05) is 0 Å². The van der Waals surface area contributed by atoms with Crippen LogP contribution in [0.25, 0.3) is 0 Å². The van der Waals surface area contributed by atoms with Crippen molar-refractivity contribution in [2.24, 2.45) is 0 Å². The van der Waals surface area contributed by atoms with Crippen molar-refractivity contribution < 1.29 is 8.42 Å². The van der Waals surface area contributed by atoms with Gasteiger partial charge in [-0.1, -0.05) is 30.9 Å². The first kappa shape index (κ1) is 14.6. The SMILES string of the molecule is CN(C1CCCCC1)S(=O)(=O)c1cc(Cl)ccc1N. The van der Waals surface area contributed by atoms with Gasteiger partial charge in [0.25, 0.3) is 0 Å². The van der Waals surface area contributed by atoms with Crippen molar-refractivity contribution in [1.29, 1.82) is 0 Å². The summed E-state index contributed by atoms with van der Waals surface area (Å²) in [6.45, 7) is 0. The zero-order valence-corrected chi connectivity index (χ0v) is 12.5. The number of benzene rings is 1. The molecule has 0 spiro atoms. The highest BCUT2D eigenvalue weighted by Gasteiger charge is 2.30. The molecule has 0 saturated heterocycles. The molecule has 106 valence electrons. The van der Waals surface area contributed by atoms with Gasteiger partial charge in [-0.2, -0.15) is 4.31 Å². The van der Waals surface area contributed by atoms with Crippen LogP contribution in [0, 0.1) is 0 Å². The number of nitrogens with zero attached hydrogens (tertiary/aromatic N) is 1. The maximum Gasteiger partial charge on any atom is 0.245 e. The number of rotatable bonds is 3. The van der Waals surface area contributed by atoms with Crippen LogP contribution in [0.3, 0.4) is 0 Å². The van der Waals surface area contributed by atoms with Crippen LogP contribution in [0.4, 0.5) is 5.69 Å². The van der Waals surface area contributed by atoms with Crippen LogP contribution in [-0.4, -0.2) is 25.8 Å². The van der Waals surface area contributed by atoms with Crippen molar-refractivity contribution in [3.63, 3.8) is 0 Å². The second-order valence-corrected chi connectivity index (χ2v) is 7.40. The van der Waals surface area contributed by atoms with Gasteiger partial charge in [-0.3, -0.25) is 0 Å².